The topological polar surface area (TPSA) is 56.4 Å². The summed E-state index contributed by atoms with van der Waals surface area (Å²) in [4.78, 5) is 16.7. The van der Waals surface area contributed by atoms with Gasteiger partial charge in [0.2, 0.25) is 0 Å². The van der Waals surface area contributed by atoms with Crippen molar-refractivity contribution < 1.29 is 4.79 Å². The molecule has 0 saturated heterocycles. The van der Waals surface area contributed by atoms with Crippen molar-refractivity contribution in [1.29, 1.82) is 0 Å². The number of benzene rings is 3. The molecule has 1 heterocycles. The Morgan fingerprint density at radius 1 is 0.815 bits per heavy atom. The summed E-state index contributed by atoms with van der Waals surface area (Å²) in [7, 11) is 0. The number of anilines is 3. The Kier molecular flexibility index (Phi) is 5.27. The molecule has 0 saturated carbocycles. The maximum absolute atomic E-state index is 12.0. The van der Waals surface area contributed by atoms with Crippen molar-refractivity contribution in [3.8, 4) is 0 Å². The first-order valence-corrected chi connectivity index (χ1v) is 9.61. The largest absolute Gasteiger partial charge is 0.338 e. The van der Waals surface area contributed by atoms with E-state index in [1.165, 1.54) is 21.2 Å². The Hall–Kier alpha value is -2.96. The number of carbonyl (C=O) groups excluding carboxylic acids is 1. The lowest BCUT2D eigenvalue weighted by molar-refractivity contribution is 0.248. The fraction of sp³-hybridized carbons (Fsp3) is 0.0952. The van der Waals surface area contributed by atoms with Gasteiger partial charge in [-0.2, -0.15) is 0 Å². The molecule has 0 aromatic heterocycles. The molecule has 6 heteroatoms. The molecule has 136 valence electrons. The number of nitrogens with one attached hydrogen (secondary N) is 3. The summed E-state index contributed by atoms with van der Waals surface area (Å²) in [6, 6.07) is 25.9. The lowest BCUT2D eigenvalue weighted by Crippen LogP contribution is -2.43. The van der Waals surface area contributed by atoms with Crippen molar-refractivity contribution in [3.63, 3.8) is 0 Å². The van der Waals surface area contributed by atoms with Crippen molar-refractivity contribution in [2.75, 3.05) is 23.3 Å². The van der Waals surface area contributed by atoms with Crippen LogP contribution in [0.3, 0.4) is 0 Å². The van der Waals surface area contributed by atoms with Crippen molar-refractivity contribution >= 4 is 34.9 Å². The minimum Gasteiger partial charge on any atom is -0.338 e. The first-order chi connectivity index (χ1) is 13.3. The monoisotopic (exact) mass is 376 g/mol. The fourth-order valence-corrected chi connectivity index (χ4v) is 4.11. The van der Waals surface area contributed by atoms with Gasteiger partial charge in [-0.15, -0.1) is 0 Å². The lowest BCUT2D eigenvalue weighted by atomic mass is 10.2. The quantitative estimate of drug-likeness (QED) is 0.449. The van der Waals surface area contributed by atoms with Crippen LogP contribution in [0.5, 0.6) is 0 Å². The highest BCUT2D eigenvalue weighted by atomic mass is 32.2. The number of nitrogens with zero attached hydrogens (tertiary/aromatic N) is 1. The number of hydrazine groups is 1. The highest BCUT2D eigenvalue weighted by Gasteiger charge is 2.22. The zero-order chi connectivity index (χ0) is 18.5. The molecule has 27 heavy (non-hydrogen) atoms. The van der Waals surface area contributed by atoms with Gasteiger partial charge < -0.3 is 10.2 Å². The Balaban J connectivity index is 1.37. The van der Waals surface area contributed by atoms with Crippen LogP contribution in [0.4, 0.5) is 21.9 Å². The average Bonchev–Trinajstić information content (AvgIpc) is 2.71. The van der Waals surface area contributed by atoms with Gasteiger partial charge in [-0.25, -0.2) is 10.2 Å². The first kappa shape index (κ1) is 17.5. The molecular weight excluding hydrogens is 356 g/mol. The number of hydrogen-bond acceptors (Lipinski definition) is 4. The van der Waals surface area contributed by atoms with E-state index in [0.717, 1.165) is 12.2 Å². The minimum atomic E-state index is -0.281. The van der Waals surface area contributed by atoms with Gasteiger partial charge in [0.05, 0.1) is 11.4 Å². The highest BCUT2D eigenvalue weighted by Crippen LogP contribution is 2.47. The molecule has 5 nitrogen and oxygen atoms in total. The van der Waals surface area contributed by atoms with Gasteiger partial charge in [-0.3, -0.25) is 5.43 Å². The van der Waals surface area contributed by atoms with Gasteiger partial charge in [0.1, 0.15) is 0 Å². The first-order valence-electron chi connectivity index (χ1n) is 8.79. The second-order valence-corrected chi connectivity index (χ2v) is 7.14. The Morgan fingerprint density at radius 3 is 2.07 bits per heavy atom. The predicted molar refractivity (Wildman–Crippen MR) is 111 cm³/mol. The van der Waals surface area contributed by atoms with E-state index in [-0.39, 0.29) is 6.03 Å². The van der Waals surface area contributed by atoms with E-state index in [9.17, 15) is 4.79 Å². The van der Waals surface area contributed by atoms with E-state index in [1.54, 1.807) is 11.8 Å². The molecule has 1 aliphatic heterocycles. The summed E-state index contributed by atoms with van der Waals surface area (Å²) in [5.41, 5.74) is 8.83. The third-order valence-electron chi connectivity index (χ3n) is 4.23. The van der Waals surface area contributed by atoms with Crippen LogP contribution in [0.1, 0.15) is 0 Å². The van der Waals surface area contributed by atoms with Crippen LogP contribution in [-0.2, 0) is 0 Å². The Bertz CT molecular complexity index is 887. The molecule has 0 radical (unpaired) electrons. The van der Waals surface area contributed by atoms with Crippen molar-refractivity contribution in [2.24, 2.45) is 0 Å². The maximum Gasteiger partial charge on any atom is 0.333 e. The van der Waals surface area contributed by atoms with Gasteiger partial charge in [0.15, 0.2) is 0 Å². The number of para-hydroxylation sites is 3. The van der Waals surface area contributed by atoms with Crippen molar-refractivity contribution in [1.82, 2.24) is 10.9 Å². The fourth-order valence-electron chi connectivity index (χ4n) is 3.02. The zero-order valence-corrected chi connectivity index (χ0v) is 15.5. The third-order valence-corrected chi connectivity index (χ3v) is 5.36. The minimum absolute atomic E-state index is 0.281. The number of carbonyl (C=O) groups is 1. The van der Waals surface area contributed by atoms with Crippen molar-refractivity contribution in [3.05, 3.63) is 78.9 Å². The highest BCUT2D eigenvalue weighted by molar-refractivity contribution is 7.99. The Labute approximate surface area is 162 Å². The number of rotatable bonds is 5. The summed E-state index contributed by atoms with van der Waals surface area (Å²) in [6.07, 6.45) is 0. The van der Waals surface area contributed by atoms with E-state index in [4.69, 9.17) is 0 Å². The summed E-state index contributed by atoms with van der Waals surface area (Å²) in [6.45, 7) is 1.34. The van der Waals surface area contributed by atoms with Gasteiger partial charge in [-0.05, 0) is 36.4 Å². The summed E-state index contributed by atoms with van der Waals surface area (Å²) < 4.78 is 0. The standard InChI is InChI=1S/C21H20N4OS/c26-21(23-16-8-2-1-3-9-16)24-22-14-15-25-17-10-4-6-12-19(17)27-20-13-7-5-11-18(20)25/h1-13,22H,14-15H2,(H2,23,24,26). The smallest absolute Gasteiger partial charge is 0.333 e. The van der Waals surface area contributed by atoms with E-state index < -0.39 is 0 Å². The van der Waals surface area contributed by atoms with Crippen LogP contribution >= 0.6 is 11.8 Å². The summed E-state index contributed by atoms with van der Waals surface area (Å²) in [5.74, 6) is 0. The molecule has 4 rings (SSSR count). The third kappa shape index (κ3) is 4.07. The zero-order valence-electron chi connectivity index (χ0n) is 14.7. The van der Waals surface area contributed by atoms with Crippen molar-refractivity contribution in [2.45, 2.75) is 9.79 Å². The van der Waals surface area contributed by atoms with Crippen LogP contribution in [-0.4, -0.2) is 19.1 Å². The molecule has 0 spiro atoms. The molecule has 1 aliphatic rings. The second kappa shape index (κ2) is 8.16. The molecule has 0 unspecified atom stereocenters. The Morgan fingerprint density at radius 2 is 1.41 bits per heavy atom. The van der Waals surface area contributed by atoms with Crippen LogP contribution in [0.15, 0.2) is 88.7 Å². The van der Waals surface area contributed by atoms with Gasteiger partial charge in [-0.1, -0.05) is 54.2 Å². The van der Waals surface area contributed by atoms with Crippen LogP contribution in [0, 0.1) is 0 Å². The van der Waals surface area contributed by atoms with Crippen LogP contribution in [0.2, 0.25) is 0 Å². The SMILES string of the molecule is O=C(NNCCN1c2ccccc2Sc2ccccc21)Nc1ccccc1. The average molecular weight is 376 g/mol. The van der Waals surface area contributed by atoms with Crippen LogP contribution < -0.4 is 21.1 Å². The summed E-state index contributed by atoms with van der Waals surface area (Å²) >= 11 is 1.79. The van der Waals surface area contributed by atoms with E-state index in [1.807, 2.05) is 30.3 Å². The van der Waals surface area contributed by atoms with Gasteiger partial charge >= 0.3 is 6.03 Å². The molecule has 3 N–H and O–H groups in total. The van der Waals surface area contributed by atoms with E-state index in [2.05, 4.69) is 69.6 Å². The van der Waals surface area contributed by atoms with Gasteiger partial charge in [0, 0.05) is 28.6 Å². The molecule has 2 amide bonds. The molecule has 3 aromatic rings. The molecule has 0 aliphatic carbocycles. The normalized spacial score (nSPS) is 12.1. The molecule has 3 aromatic carbocycles. The van der Waals surface area contributed by atoms with E-state index >= 15 is 0 Å². The molecular formula is C21H20N4OS. The number of amides is 2. The molecule has 0 fully saturated rings. The number of hydrogen-bond donors (Lipinski definition) is 3. The molecule has 0 atom stereocenters. The predicted octanol–water partition coefficient (Wildman–Crippen LogP) is 4.62. The number of fused-ring (bicyclic) bond motifs is 2. The maximum atomic E-state index is 12.0. The number of urea groups is 1. The molecule has 0 bridgehead atoms. The lowest BCUT2D eigenvalue weighted by Gasteiger charge is -2.32. The van der Waals surface area contributed by atoms with E-state index in [0.29, 0.717) is 6.54 Å². The second-order valence-electron chi connectivity index (χ2n) is 6.06. The van der Waals surface area contributed by atoms with Crippen LogP contribution in [0.25, 0.3) is 0 Å². The summed E-state index contributed by atoms with van der Waals surface area (Å²) in [5, 5.41) is 2.78. The van der Waals surface area contributed by atoms with Gasteiger partial charge in [0.25, 0.3) is 0 Å².